The normalized spacial score (nSPS) is 15.2. The van der Waals surface area contributed by atoms with Gasteiger partial charge < -0.3 is 9.47 Å². The van der Waals surface area contributed by atoms with Crippen LogP contribution in [0.3, 0.4) is 0 Å². The second-order valence-corrected chi connectivity index (χ2v) is 2.58. The summed E-state index contributed by atoms with van der Waals surface area (Å²) < 4.78 is 10.6. The monoisotopic (exact) mass is 162 g/mol. The van der Waals surface area contributed by atoms with Crippen molar-refractivity contribution >= 4 is 0 Å². The number of para-hydroxylation sites is 1. The molecule has 0 amide bonds. The van der Waals surface area contributed by atoms with Gasteiger partial charge in [-0.25, -0.2) is 0 Å². The fourth-order valence-electron chi connectivity index (χ4n) is 1.07. The van der Waals surface area contributed by atoms with Crippen molar-refractivity contribution in [1.29, 1.82) is 0 Å². The lowest BCUT2D eigenvalue weighted by molar-refractivity contribution is 0.132. The van der Waals surface area contributed by atoms with Crippen LogP contribution in [-0.4, -0.2) is 6.61 Å². The van der Waals surface area contributed by atoms with E-state index in [1.54, 1.807) is 0 Å². The van der Waals surface area contributed by atoms with Crippen LogP contribution in [0, 0.1) is 0 Å². The Hall–Kier alpha value is -1.44. The maximum atomic E-state index is 5.41. The molecule has 1 aromatic carbocycles. The molecule has 2 nitrogen and oxygen atoms in total. The summed E-state index contributed by atoms with van der Waals surface area (Å²) in [5, 5.41) is 0. The SMILES string of the molecule is C1=C(Oc2ccccc2)OCC1. The van der Waals surface area contributed by atoms with Crippen molar-refractivity contribution in [3.8, 4) is 5.75 Å². The summed E-state index contributed by atoms with van der Waals surface area (Å²) in [7, 11) is 0. The highest BCUT2D eigenvalue weighted by atomic mass is 16.7. The number of hydrogen-bond donors (Lipinski definition) is 0. The van der Waals surface area contributed by atoms with Crippen molar-refractivity contribution in [2.24, 2.45) is 0 Å². The van der Waals surface area contributed by atoms with E-state index < -0.39 is 0 Å². The molecule has 1 heterocycles. The van der Waals surface area contributed by atoms with Crippen LogP contribution >= 0.6 is 0 Å². The second kappa shape index (κ2) is 3.30. The first-order valence-electron chi connectivity index (χ1n) is 4.01. The van der Waals surface area contributed by atoms with Gasteiger partial charge in [0.2, 0.25) is 0 Å². The molecular weight excluding hydrogens is 152 g/mol. The highest BCUT2D eigenvalue weighted by Crippen LogP contribution is 2.16. The van der Waals surface area contributed by atoms with Gasteiger partial charge in [-0.2, -0.15) is 0 Å². The zero-order valence-electron chi connectivity index (χ0n) is 6.69. The molecule has 1 aromatic rings. The highest BCUT2D eigenvalue weighted by molar-refractivity contribution is 5.22. The minimum Gasteiger partial charge on any atom is -0.465 e. The molecule has 0 N–H and O–H groups in total. The van der Waals surface area contributed by atoms with E-state index in [0.717, 1.165) is 18.8 Å². The standard InChI is InChI=1S/C10H10O2/c1-2-5-9(6-3-1)12-10-7-4-8-11-10/h1-3,5-7H,4,8H2. The summed E-state index contributed by atoms with van der Waals surface area (Å²) in [6.45, 7) is 0.738. The Morgan fingerprint density at radius 1 is 1.17 bits per heavy atom. The molecule has 2 heteroatoms. The zero-order valence-corrected chi connectivity index (χ0v) is 6.69. The Kier molecular flexibility index (Phi) is 1.99. The molecule has 0 unspecified atom stereocenters. The third kappa shape index (κ3) is 1.59. The van der Waals surface area contributed by atoms with Crippen molar-refractivity contribution in [2.75, 3.05) is 6.61 Å². The molecule has 0 bridgehead atoms. The summed E-state index contributed by atoms with van der Waals surface area (Å²) in [6.07, 6.45) is 2.90. The topological polar surface area (TPSA) is 18.5 Å². The van der Waals surface area contributed by atoms with E-state index in [-0.39, 0.29) is 0 Å². The maximum absolute atomic E-state index is 5.41. The molecule has 1 aliphatic heterocycles. The molecule has 0 fully saturated rings. The third-order valence-electron chi connectivity index (χ3n) is 1.63. The van der Waals surface area contributed by atoms with Gasteiger partial charge in [0.25, 0.3) is 5.95 Å². The van der Waals surface area contributed by atoms with Gasteiger partial charge in [0, 0.05) is 12.5 Å². The maximum Gasteiger partial charge on any atom is 0.280 e. The van der Waals surface area contributed by atoms with Crippen LogP contribution in [0.4, 0.5) is 0 Å². The van der Waals surface area contributed by atoms with E-state index in [1.807, 2.05) is 36.4 Å². The van der Waals surface area contributed by atoms with Crippen molar-refractivity contribution in [3.63, 3.8) is 0 Å². The Morgan fingerprint density at radius 2 is 2.00 bits per heavy atom. The molecule has 1 aliphatic rings. The molecule has 0 saturated carbocycles. The van der Waals surface area contributed by atoms with Gasteiger partial charge >= 0.3 is 0 Å². The van der Waals surface area contributed by atoms with Crippen LogP contribution in [0.2, 0.25) is 0 Å². The first-order valence-corrected chi connectivity index (χ1v) is 4.01. The van der Waals surface area contributed by atoms with Gasteiger partial charge in [0.05, 0.1) is 6.61 Å². The van der Waals surface area contributed by atoms with E-state index >= 15 is 0 Å². The average molecular weight is 162 g/mol. The van der Waals surface area contributed by atoms with E-state index in [2.05, 4.69) is 0 Å². The fourth-order valence-corrected chi connectivity index (χ4v) is 1.07. The highest BCUT2D eigenvalue weighted by Gasteiger charge is 2.06. The first kappa shape index (κ1) is 7.22. The van der Waals surface area contributed by atoms with Crippen LogP contribution in [-0.2, 0) is 4.74 Å². The number of benzene rings is 1. The van der Waals surface area contributed by atoms with Gasteiger partial charge in [-0.05, 0) is 12.1 Å². The minimum atomic E-state index is 0.626. The molecular formula is C10H10O2. The third-order valence-corrected chi connectivity index (χ3v) is 1.63. The van der Waals surface area contributed by atoms with E-state index in [9.17, 15) is 0 Å². The fraction of sp³-hybridized carbons (Fsp3) is 0.200. The smallest absolute Gasteiger partial charge is 0.280 e. The van der Waals surface area contributed by atoms with Gasteiger partial charge in [0.15, 0.2) is 0 Å². The Morgan fingerprint density at radius 3 is 2.67 bits per heavy atom. The molecule has 0 spiro atoms. The van der Waals surface area contributed by atoms with Crippen LogP contribution in [0.15, 0.2) is 42.4 Å². The molecule has 0 saturated heterocycles. The number of hydrogen-bond acceptors (Lipinski definition) is 2. The quantitative estimate of drug-likeness (QED) is 0.664. The van der Waals surface area contributed by atoms with Gasteiger partial charge in [-0.1, -0.05) is 18.2 Å². The molecule has 0 aliphatic carbocycles. The number of ether oxygens (including phenoxy) is 2. The second-order valence-electron chi connectivity index (χ2n) is 2.58. The summed E-state index contributed by atoms with van der Waals surface area (Å²) >= 11 is 0. The Balaban J connectivity index is 2.04. The lowest BCUT2D eigenvalue weighted by Crippen LogP contribution is -1.94. The van der Waals surface area contributed by atoms with E-state index in [0.29, 0.717) is 5.95 Å². The molecule has 0 radical (unpaired) electrons. The summed E-state index contributed by atoms with van der Waals surface area (Å²) in [4.78, 5) is 0. The van der Waals surface area contributed by atoms with E-state index in [4.69, 9.17) is 9.47 Å². The van der Waals surface area contributed by atoms with Crippen LogP contribution in [0.1, 0.15) is 6.42 Å². The summed E-state index contributed by atoms with van der Waals surface area (Å²) in [5.41, 5.74) is 0. The number of rotatable bonds is 2. The van der Waals surface area contributed by atoms with Crippen LogP contribution < -0.4 is 4.74 Å². The molecule has 0 atom stereocenters. The van der Waals surface area contributed by atoms with E-state index in [1.165, 1.54) is 0 Å². The molecule has 12 heavy (non-hydrogen) atoms. The van der Waals surface area contributed by atoms with Crippen molar-refractivity contribution in [1.82, 2.24) is 0 Å². The summed E-state index contributed by atoms with van der Waals surface area (Å²) in [6, 6.07) is 9.64. The largest absolute Gasteiger partial charge is 0.465 e. The average Bonchev–Trinajstić information content (AvgIpc) is 2.59. The minimum absolute atomic E-state index is 0.626. The van der Waals surface area contributed by atoms with Crippen molar-refractivity contribution < 1.29 is 9.47 Å². The molecule has 2 rings (SSSR count). The Bertz CT molecular complexity index is 277. The van der Waals surface area contributed by atoms with Crippen molar-refractivity contribution in [2.45, 2.75) is 6.42 Å². The van der Waals surface area contributed by atoms with Crippen molar-refractivity contribution in [3.05, 3.63) is 42.4 Å². The zero-order chi connectivity index (χ0) is 8.23. The predicted molar refractivity (Wildman–Crippen MR) is 45.7 cm³/mol. The summed E-state index contributed by atoms with van der Waals surface area (Å²) in [5.74, 6) is 1.45. The van der Waals surface area contributed by atoms with Gasteiger partial charge in [0.1, 0.15) is 5.75 Å². The van der Waals surface area contributed by atoms with Gasteiger partial charge in [-0.15, -0.1) is 0 Å². The molecule has 62 valence electrons. The lowest BCUT2D eigenvalue weighted by atomic mass is 10.3. The van der Waals surface area contributed by atoms with Crippen LogP contribution in [0.5, 0.6) is 5.75 Å². The predicted octanol–water partition coefficient (Wildman–Crippen LogP) is 2.33. The lowest BCUT2D eigenvalue weighted by Gasteiger charge is -2.04. The molecule has 0 aromatic heterocycles. The first-order chi connectivity index (χ1) is 5.95. The van der Waals surface area contributed by atoms with Gasteiger partial charge in [-0.3, -0.25) is 0 Å². The van der Waals surface area contributed by atoms with Crippen LogP contribution in [0.25, 0.3) is 0 Å². The Labute approximate surface area is 71.4 Å².